The molecule has 1 fully saturated rings. The molecular formula is C22H28F2N4O3S. The van der Waals surface area contributed by atoms with Crippen LogP contribution in [0.5, 0.6) is 5.75 Å². The fourth-order valence-electron chi connectivity index (χ4n) is 2.94. The van der Waals surface area contributed by atoms with E-state index in [1.165, 1.54) is 24.4 Å². The molecule has 0 spiro atoms. The van der Waals surface area contributed by atoms with Gasteiger partial charge in [-0.15, -0.1) is 0 Å². The molecule has 0 bridgehead atoms. The summed E-state index contributed by atoms with van der Waals surface area (Å²) in [5.41, 5.74) is 1.83. The molecule has 0 amide bonds. The number of benzene rings is 1. The summed E-state index contributed by atoms with van der Waals surface area (Å²) < 4.78 is 39.6. The normalized spacial score (nSPS) is 19.6. The molecule has 0 saturated carbocycles. The number of anilines is 1. The van der Waals surface area contributed by atoms with Gasteiger partial charge >= 0.3 is 6.61 Å². The van der Waals surface area contributed by atoms with Gasteiger partial charge in [0.15, 0.2) is 6.29 Å². The van der Waals surface area contributed by atoms with Crippen molar-refractivity contribution < 1.29 is 22.5 Å². The molecule has 1 saturated heterocycles. The first-order valence-electron chi connectivity index (χ1n) is 9.96. The van der Waals surface area contributed by atoms with Gasteiger partial charge in [0, 0.05) is 51.2 Å². The minimum absolute atomic E-state index is 0.0323. The lowest BCUT2D eigenvalue weighted by Gasteiger charge is -2.36. The summed E-state index contributed by atoms with van der Waals surface area (Å²) in [6.07, 6.45) is 2.03. The zero-order chi connectivity index (χ0) is 23.9. The van der Waals surface area contributed by atoms with Gasteiger partial charge in [-0.1, -0.05) is 12.1 Å². The molecule has 7 nitrogen and oxygen atoms in total. The van der Waals surface area contributed by atoms with Crippen molar-refractivity contribution in [1.29, 1.82) is 5.41 Å². The summed E-state index contributed by atoms with van der Waals surface area (Å²) in [7, 11) is 1.39. The number of ether oxygens (including phenoxy) is 1. The Hall–Kier alpha value is -2.72. The maximum absolute atomic E-state index is 12.3. The summed E-state index contributed by atoms with van der Waals surface area (Å²) in [6, 6.07) is 7.53. The molecule has 1 aliphatic heterocycles. The number of nitrogens with zero attached hydrogens (tertiary/aromatic N) is 1. The third-order valence-corrected chi connectivity index (χ3v) is 6.55. The molecule has 174 valence electrons. The quantitative estimate of drug-likeness (QED) is 0.407. The highest BCUT2D eigenvalue weighted by molar-refractivity contribution is 7.86. The van der Waals surface area contributed by atoms with E-state index in [-0.39, 0.29) is 23.0 Å². The Bertz CT molecular complexity index is 977. The van der Waals surface area contributed by atoms with Crippen LogP contribution in [0.15, 0.2) is 36.5 Å². The van der Waals surface area contributed by atoms with E-state index in [0.717, 1.165) is 11.5 Å². The van der Waals surface area contributed by atoms with Gasteiger partial charge in [-0.2, -0.15) is 8.78 Å². The fourth-order valence-corrected chi connectivity index (χ4v) is 4.57. The molecule has 1 aromatic heterocycles. The molecule has 32 heavy (non-hydrogen) atoms. The van der Waals surface area contributed by atoms with Crippen LogP contribution >= 0.6 is 0 Å². The van der Waals surface area contributed by atoms with Crippen LogP contribution in [0.2, 0.25) is 0 Å². The van der Waals surface area contributed by atoms with E-state index >= 15 is 0 Å². The Morgan fingerprint density at radius 1 is 1.31 bits per heavy atom. The monoisotopic (exact) mass is 466 g/mol. The number of carbonyl (C=O) groups excluding carboxylic acids is 1. The molecule has 1 aliphatic rings. The summed E-state index contributed by atoms with van der Waals surface area (Å²) in [5.74, 6) is 1.61. The van der Waals surface area contributed by atoms with Crippen LogP contribution in [0.4, 0.5) is 14.5 Å². The molecule has 2 heterocycles. The topological polar surface area (TPSA) is 104 Å². The molecule has 0 unspecified atom stereocenters. The van der Waals surface area contributed by atoms with E-state index in [0.29, 0.717) is 28.8 Å². The Labute approximate surface area is 188 Å². The van der Waals surface area contributed by atoms with Crippen LogP contribution in [-0.2, 0) is 10.8 Å². The van der Waals surface area contributed by atoms with Crippen LogP contribution in [0.25, 0.3) is 0 Å². The minimum Gasteiger partial charge on any atom is -0.435 e. The lowest BCUT2D eigenvalue weighted by Crippen LogP contribution is -2.58. The summed E-state index contributed by atoms with van der Waals surface area (Å²) >= 11 is 0. The lowest BCUT2D eigenvalue weighted by atomic mass is 10.0. The Morgan fingerprint density at radius 3 is 2.50 bits per heavy atom. The predicted octanol–water partition coefficient (Wildman–Crippen LogP) is 3.46. The Balaban J connectivity index is 0.000000380. The molecule has 0 atom stereocenters. The second-order valence-corrected chi connectivity index (χ2v) is 9.36. The van der Waals surface area contributed by atoms with Crippen molar-refractivity contribution in [2.45, 2.75) is 39.0 Å². The highest BCUT2D eigenvalue weighted by atomic mass is 32.2. The van der Waals surface area contributed by atoms with Gasteiger partial charge in [0.05, 0.1) is 11.4 Å². The van der Waals surface area contributed by atoms with Gasteiger partial charge in [-0.3, -0.25) is 19.4 Å². The molecule has 0 aliphatic carbocycles. The van der Waals surface area contributed by atoms with Crippen molar-refractivity contribution in [2.24, 2.45) is 0 Å². The highest BCUT2D eigenvalue weighted by Gasteiger charge is 2.36. The smallest absolute Gasteiger partial charge is 0.387 e. The van der Waals surface area contributed by atoms with Crippen molar-refractivity contribution in [2.75, 3.05) is 23.9 Å². The first kappa shape index (κ1) is 25.5. The summed E-state index contributed by atoms with van der Waals surface area (Å²) in [5, 5.41) is 14.6. The average molecular weight is 467 g/mol. The standard InChI is InChI=1S/C17H17F2N3O2.C5H11NOS/c1-10(2)22-14-6-11(9-23)8-21-16(14)15(20)12-4-3-5-13(7-12)24-17(18)19;1-5(6-2)3-8(7)4-5/h3-10,17,20,22H,1-2H3;6H,3-4H2,1-2H3. The average Bonchev–Trinajstić information content (AvgIpc) is 2.72. The van der Waals surface area contributed by atoms with E-state index in [2.05, 4.69) is 27.3 Å². The first-order valence-corrected chi connectivity index (χ1v) is 11.5. The van der Waals surface area contributed by atoms with Crippen molar-refractivity contribution in [1.82, 2.24) is 10.3 Å². The number of aldehydes is 1. The summed E-state index contributed by atoms with van der Waals surface area (Å²) in [4.78, 5) is 15.1. The molecule has 3 rings (SSSR count). The third kappa shape index (κ3) is 7.16. The van der Waals surface area contributed by atoms with Crippen LogP contribution in [0, 0.1) is 5.41 Å². The van der Waals surface area contributed by atoms with Crippen LogP contribution in [-0.4, -0.2) is 57.9 Å². The van der Waals surface area contributed by atoms with Gasteiger partial charge in [0.25, 0.3) is 0 Å². The fraction of sp³-hybridized carbons (Fsp3) is 0.409. The Morgan fingerprint density at radius 2 is 2.00 bits per heavy atom. The number of carbonyl (C=O) groups is 1. The molecule has 2 aromatic rings. The second kappa shape index (κ2) is 11.2. The van der Waals surface area contributed by atoms with Crippen molar-refractivity contribution in [3.8, 4) is 5.75 Å². The van der Waals surface area contributed by atoms with Crippen LogP contribution in [0.3, 0.4) is 0 Å². The summed E-state index contributed by atoms with van der Waals surface area (Å²) in [6.45, 7) is 2.99. The maximum atomic E-state index is 12.3. The highest BCUT2D eigenvalue weighted by Crippen LogP contribution is 2.22. The first-order chi connectivity index (χ1) is 15.1. The largest absolute Gasteiger partial charge is 0.435 e. The van der Waals surface area contributed by atoms with Crippen LogP contribution < -0.4 is 15.4 Å². The SMILES string of the molecule is CC(C)Nc1cc(C=O)cnc1C(=N)c1cccc(OC(F)F)c1.CNC1(C)CS(=O)C1. The molecule has 1 aromatic carbocycles. The molecule has 3 N–H and O–H groups in total. The van der Waals surface area contributed by atoms with E-state index in [1.807, 2.05) is 20.9 Å². The molecule has 0 radical (unpaired) electrons. The number of aromatic nitrogens is 1. The van der Waals surface area contributed by atoms with Crippen LogP contribution in [0.1, 0.15) is 42.4 Å². The number of nitrogens with one attached hydrogen (secondary N) is 3. The number of pyridine rings is 1. The van der Waals surface area contributed by atoms with E-state index < -0.39 is 17.4 Å². The zero-order valence-corrected chi connectivity index (χ0v) is 19.3. The molecule has 10 heteroatoms. The van der Waals surface area contributed by atoms with E-state index in [1.54, 1.807) is 12.1 Å². The maximum Gasteiger partial charge on any atom is 0.387 e. The Kier molecular flexibility index (Phi) is 8.97. The van der Waals surface area contributed by atoms with Gasteiger partial charge in [0.2, 0.25) is 0 Å². The van der Waals surface area contributed by atoms with Gasteiger partial charge in [-0.25, -0.2) is 0 Å². The van der Waals surface area contributed by atoms with Crippen molar-refractivity contribution >= 4 is 28.5 Å². The number of hydrogen-bond donors (Lipinski definition) is 3. The number of halogens is 2. The number of hydrogen-bond acceptors (Lipinski definition) is 7. The van der Waals surface area contributed by atoms with E-state index in [4.69, 9.17) is 5.41 Å². The minimum atomic E-state index is -2.93. The van der Waals surface area contributed by atoms with Crippen molar-refractivity contribution in [3.63, 3.8) is 0 Å². The van der Waals surface area contributed by atoms with E-state index in [9.17, 15) is 17.8 Å². The zero-order valence-electron chi connectivity index (χ0n) is 18.4. The van der Waals surface area contributed by atoms with Gasteiger partial charge in [-0.05, 0) is 46.0 Å². The van der Waals surface area contributed by atoms with Gasteiger partial charge < -0.3 is 15.4 Å². The number of rotatable bonds is 8. The number of alkyl halides is 2. The van der Waals surface area contributed by atoms with Crippen molar-refractivity contribution in [3.05, 3.63) is 53.3 Å². The second-order valence-electron chi connectivity index (χ2n) is 7.90. The third-order valence-electron chi connectivity index (χ3n) is 4.64. The molecular weight excluding hydrogens is 438 g/mol. The van der Waals surface area contributed by atoms with Gasteiger partial charge in [0.1, 0.15) is 11.4 Å². The lowest BCUT2D eigenvalue weighted by molar-refractivity contribution is -0.0498. The predicted molar refractivity (Wildman–Crippen MR) is 123 cm³/mol.